The maximum absolute atomic E-state index is 12.6. The van der Waals surface area contributed by atoms with E-state index in [1.807, 2.05) is 41.3 Å². The standard InChI is InChI=1S/C20H22N2O3/c23-19(22-10-4-7-15-5-1-2-8-17(15)22)14-21-13-16-6-3-9-18-20(16)25-12-11-24-18/h1-3,5-6,8-9,21H,4,7,10-14H2. The van der Waals surface area contributed by atoms with Gasteiger partial charge < -0.3 is 19.7 Å². The van der Waals surface area contributed by atoms with Gasteiger partial charge in [-0.2, -0.15) is 0 Å². The van der Waals surface area contributed by atoms with Crippen molar-refractivity contribution < 1.29 is 14.3 Å². The van der Waals surface area contributed by atoms with Crippen molar-refractivity contribution in [1.82, 2.24) is 5.32 Å². The highest BCUT2D eigenvalue weighted by atomic mass is 16.6. The summed E-state index contributed by atoms with van der Waals surface area (Å²) in [6.45, 7) is 2.81. The number of hydrogen-bond donors (Lipinski definition) is 1. The molecule has 0 unspecified atom stereocenters. The number of benzene rings is 2. The van der Waals surface area contributed by atoms with E-state index in [1.165, 1.54) is 5.56 Å². The van der Waals surface area contributed by atoms with Crippen LogP contribution in [0.2, 0.25) is 0 Å². The molecule has 2 aliphatic heterocycles. The number of rotatable bonds is 4. The molecular formula is C20H22N2O3. The molecular weight excluding hydrogens is 316 g/mol. The van der Waals surface area contributed by atoms with Crippen molar-refractivity contribution in [3.05, 3.63) is 53.6 Å². The summed E-state index contributed by atoms with van der Waals surface area (Å²) in [5.41, 5.74) is 3.32. The zero-order valence-corrected chi connectivity index (χ0v) is 14.2. The predicted molar refractivity (Wildman–Crippen MR) is 96.3 cm³/mol. The van der Waals surface area contributed by atoms with Crippen molar-refractivity contribution in [3.8, 4) is 11.5 Å². The molecule has 1 amide bonds. The Balaban J connectivity index is 1.39. The van der Waals surface area contributed by atoms with E-state index >= 15 is 0 Å². The van der Waals surface area contributed by atoms with E-state index in [4.69, 9.17) is 9.47 Å². The predicted octanol–water partition coefficient (Wildman–Crippen LogP) is 2.53. The number of nitrogens with one attached hydrogen (secondary N) is 1. The quantitative estimate of drug-likeness (QED) is 0.931. The lowest BCUT2D eigenvalue weighted by Crippen LogP contribution is -2.41. The minimum atomic E-state index is 0.106. The monoisotopic (exact) mass is 338 g/mol. The summed E-state index contributed by atoms with van der Waals surface area (Å²) in [6.07, 6.45) is 2.06. The number of carbonyl (C=O) groups excluding carboxylic acids is 1. The van der Waals surface area contributed by atoms with Crippen molar-refractivity contribution >= 4 is 11.6 Å². The van der Waals surface area contributed by atoms with Crippen LogP contribution in [-0.4, -0.2) is 32.2 Å². The van der Waals surface area contributed by atoms with Gasteiger partial charge in [-0.3, -0.25) is 4.79 Å². The molecule has 25 heavy (non-hydrogen) atoms. The van der Waals surface area contributed by atoms with Gasteiger partial charge in [0.2, 0.25) is 5.91 Å². The minimum Gasteiger partial charge on any atom is -0.486 e. The zero-order valence-electron chi connectivity index (χ0n) is 14.2. The van der Waals surface area contributed by atoms with E-state index in [-0.39, 0.29) is 5.91 Å². The van der Waals surface area contributed by atoms with Crippen molar-refractivity contribution in [2.24, 2.45) is 0 Å². The largest absolute Gasteiger partial charge is 0.486 e. The van der Waals surface area contributed by atoms with E-state index < -0.39 is 0 Å². The number of ether oxygens (including phenoxy) is 2. The minimum absolute atomic E-state index is 0.106. The average Bonchev–Trinajstić information content (AvgIpc) is 2.67. The third kappa shape index (κ3) is 3.33. The van der Waals surface area contributed by atoms with Crippen LogP contribution in [0.1, 0.15) is 17.5 Å². The number of nitrogens with zero attached hydrogens (tertiary/aromatic N) is 1. The molecule has 0 bridgehead atoms. The summed E-state index contributed by atoms with van der Waals surface area (Å²) in [7, 11) is 0. The highest BCUT2D eigenvalue weighted by Crippen LogP contribution is 2.33. The molecule has 0 aromatic heterocycles. The van der Waals surface area contributed by atoms with Crippen LogP contribution >= 0.6 is 0 Å². The van der Waals surface area contributed by atoms with Gasteiger partial charge in [-0.25, -0.2) is 0 Å². The van der Waals surface area contributed by atoms with Crippen molar-refractivity contribution in [1.29, 1.82) is 0 Å². The molecule has 2 aromatic rings. The molecule has 130 valence electrons. The Labute approximate surface area is 147 Å². The van der Waals surface area contributed by atoms with E-state index in [9.17, 15) is 4.79 Å². The number of anilines is 1. The first kappa shape index (κ1) is 16.0. The second-order valence-electron chi connectivity index (χ2n) is 6.32. The van der Waals surface area contributed by atoms with Crippen LogP contribution < -0.4 is 19.7 Å². The van der Waals surface area contributed by atoms with Gasteiger partial charge in [-0.15, -0.1) is 0 Å². The normalized spacial score (nSPS) is 15.6. The molecule has 0 aliphatic carbocycles. The number of aryl methyl sites for hydroxylation is 1. The van der Waals surface area contributed by atoms with Gasteiger partial charge in [0.15, 0.2) is 11.5 Å². The summed E-state index contributed by atoms with van der Waals surface area (Å²) < 4.78 is 11.3. The van der Waals surface area contributed by atoms with Crippen LogP contribution in [0.4, 0.5) is 5.69 Å². The van der Waals surface area contributed by atoms with Crippen LogP contribution in [0, 0.1) is 0 Å². The number of fused-ring (bicyclic) bond motifs is 2. The Hall–Kier alpha value is -2.53. The Morgan fingerprint density at radius 1 is 1.08 bits per heavy atom. The number of para-hydroxylation sites is 2. The summed E-state index contributed by atoms with van der Waals surface area (Å²) in [5, 5.41) is 3.25. The number of amides is 1. The first-order valence-corrected chi connectivity index (χ1v) is 8.79. The van der Waals surface area contributed by atoms with Crippen molar-refractivity contribution in [2.75, 3.05) is 31.2 Å². The molecule has 0 saturated carbocycles. The van der Waals surface area contributed by atoms with Crippen LogP contribution in [-0.2, 0) is 17.8 Å². The first-order valence-electron chi connectivity index (χ1n) is 8.79. The molecule has 0 fully saturated rings. The SMILES string of the molecule is O=C(CNCc1cccc2c1OCCO2)N1CCCc2ccccc21. The van der Waals surface area contributed by atoms with Crippen LogP contribution in [0.5, 0.6) is 11.5 Å². The number of carbonyl (C=O) groups is 1. The Kier molecular flexibility index (Phi) is 4.57. The lowest BCUT2D eigenvalue weighted by Gasteiger charge is -2.29. The lowest BCUT2D eigenvalue weighted by atomic mass is 10.0. The Morgan fingerprint density at radius 2 is 1.96 bits per heavy atom. The average molecular weight is 338 g/mol. The van der Waals surface area contributed by atoms with E-state index in [0.29, 0.717) is 26.3 Å². The second-order valence-corrected chi connectivity index (χ2v) is 6.32. The van der Waals surface area contributed by atoms with Gasteiger partial charge >= 0.3 is 0 Å². The lowest BCUT2D eigenvalue weighted by molar-refractivity contribution is -0.117. The fraction of sp³-hybridized carbons (Fsp3) is 0.350. The molecule has 2 aromatic carbocycles. The fourth-order valence-corrected chi connectivity index (χ4v) is 3.47. The highest BCUT2D eigenvalue weighted by Gasteiger charge is 2.22. The topological polar surface area (TPSA) is 50.8 Å². The smallest absolute Gasteiger partial charge is 0.240 e. The van der Waals surface area contributed by atoms with Gasteiger partial charge in [0.1, 0.15) is 13.2 Å². The maximum atomic E-state index is 12.6. The van der Waals surface area contributed by atoms with Crippen LogP contribution in [0.3, 0.4) is 0 Å². The third-order valence-electron chi connectivity index (χ3n) is 4.65. The molecule has 0 saturated heterocycles. The summed E-state index contributed by atoms with van der Waals surface area (Å²) >= 11 is 0. The molecule has 2 aliphatic rings. The molecule has 5 heteroatoms. The van der Waals surface area contributed by atoms with E-state index in [0.717, 1.165) is 42.1 Å². The Morgan fingerprint density at radius 3 is 2.92 bits per heavy atom. The van der Waals surface area contributed by atoms with E-state index in [2.05, 4.69) is 11.4 Å². The Bertz CT molecular complexity index is 775. The molecule has 0 atom stereocenters. The van der Waals surface area contributed by atoms with Gasteiger partial charge in [-0.1, -0.05) is 30.3 Å². The second kappa shape index (κ2) is 7.15. The first-order chi connectivity index (χ1) is 12.3. The molecule has 2 heterocycles. The van der Waals surface area contributed by atoms with Gasteiger partial charge in [-0.05, 0) is 30.5 Å². The molecule has 1 N–H and O–H groups in total. The molecule has 0 spiro atoms. The maximum Gasteiger partial charge on any atom is 0.240 e. The summed E-state index contributed by atoms with van der Waals surface area (Å²) in [4.78, 5) is 14.5. The number of hydrogen-bond acceptors (Lipinski definition) is 4. The summed E-state index contributed by atoms with van der Waals surface area (Å²) in [5.74, 6) is 1.67. The molecule has 5 nitrogen and oxygen atoms in total. The third-order valence-corrected chi connectivity index (χ3v) is 4.65. The van der Waals surface area contributed by atoms with Gasteiger partial charge in [0.25, 0.3) is 0 Å². The van der Waals surface area contributed by atoms with Crippen molar-refractivity contribution in [3.63, 3.8) is 0 Å². The van der Waals surface area contributed by atoms with Crippen LogP contribution in [0.15, 0.2) is 42.5 Å². The zero-order chi connectivity index (χ0) is 17.1. The fourth-order valence-electron chi connectivity index (χ4n) is 3.47. The van der Waals surface area contributed by atoms with Gasteiger partial charge in [0, 0.05) is 24.3 Å². The van der Waals surface area contributed by atoms with Crippen molar-refractivity contribution in [2.45, 2.75) is 19.4 Å². The van der Waals surface area contributed by atoms with Crippen LogP contribution in [0.25, 0.3) is 0 Å². The molecule has 4 rings (SSSR count). The van der Waals surface area contributed by atoms with Gasteiger partial charge in [0.05, 0.1) is 6.54 Å². The summed E-state index contributed by atoms with van der Waals surface area (Å²) in [6, 6.07) is 14.0. The highest BCUT2D eigenvalue weighted by molar-refractivity contribution is 5.95. The molecule has 0 radical (unpaired) electrons. The van der Waals surface area contributed by atoms with E-state index in [1.54, 1.807) is 0 Å².